The number of benzene rings is 1. The van der Waals surface area contributed by atoms with Crippen molar-refractivity contribution in [3.05, 3.63) is 76.9 Å². The van der Waals surface area contributed by atoms with Gasteiger partial charge in [0.25, 0.3) is 0 Å². The van der Waals surface area contributed by atoms with E-state index in [4.69, 9.17) is 0 Å². The van der Waals surface area contributed by atoms with Crippen molar-refractivity contribution in [3.8, 4) is 6.07 Å². The van der Waals surface area contributed by atoms with Crippen molar-refractivity contribution in [2.24, 2.45) is 0 Å². The Morgan fingerprint density at radius 3 is 2.68 bits per heavy atom. The molecule has 0 unspecified atom stereocenters. The number of pyridine rings is 1. The number of nitrogens with zero attached hydrogens (tertiary/aromatic N) is 3. The predicted molar refractivity (Wildman–Crippen MR) is 98.3 cm³/mol. The smallest absolute Gasteiger partial charge is 0.203 e. The molecule has 0 fully saturated rings. The molecule has 0 saturated heterocycles. The number of hydrogen-bond acceptors (Lipinski definition) is 3. The number of rotatable bonds is 5. The normalized spacial score (nSPS) is 11.5. The van der Waals surface area contributed by atoms with Gasteiger partial charge >= 0.3 is 0 Å². The standard InChI is InChI=1S/C21H19N3O/c1-3-6-16-8-10-17(11-9-16)21(25)18(14-22)13-19-20-7-4-5-12-24(20)15(2)23-19/h4-5,7-13H,3,6H2,1-2H3/b18-13+. The maximum Gasteiger partial charge on any atom is 0.203 e. The summed E-state index contributed by atoms with van der Waals surface area (Å²) >= 11 is 0. The van der Waals surface area contributed by atoms with Crippen LogP contribution in [-0.2, 0) is 6.42 Å². The summed E-state index contributed by atoms with van der Waals surface area (Å²) in [6, 6.07) is 15.2. The van der Waals surface area contributed by atoms with Gasteiger partial charge in [-0.1, -0.05) is 43.7 Å². The summed E-state index contributed by atoms with van der Waals surface area (Å²) in [4.78, 5) is 17.1. The van der Waals surface area contributed by atoms with Crippen LogP contribution in [0.15, 0.2) is 54.2 Å². The minimum absolute atomic E-state index is 0.0899. The number of allylic oxidation sites excluding steroid dienone is 1. The largest absolute Gasteiger partial charge is 0.303 e. The first-order valence-corrected chi connectivity index (χ1v) is 8.33. The zero-order chi connectivity index (χ0) is 17.8. The maximum absolute atomic E-state index is 12.7. The number of nitriles is 1. The quantitative estimate of drug-likeness (QED) is 0.396. The van der Waals surface area contributed by atoms with Gasteiger partial charge < -0.3 is 4.40 Å². The molecular formula is C21H19N3O. The molecule has 0 aliphatic heterocycles. The van der Waals surface area contributed by atoms with E-state index in [1.165, 1.54) is 5.56 Å². The van der Waals surface area contributed by atoms with Crippen LogP contribution in [0, 0.1) is 18.3 Å². The fourth-order valence-electron chi connectivity index (χ4n) is 2.88. The van der Waals surface area contributed by atoms with Crippen LogP contribution in [0.4, 0.5) is 0 Å². The van der Waals surface area contributed by atoms with Gasteiger partial charge in [-0.2, -0.15) is 5.26 Å². The second-order valence-corrected chi connectivity index (χ2v) is 5.95. The highest BCUT2D eigenvalue weighted by atomic mass is 16.1. The third-order valence-corrected chi connectivity index (χ3v) is 4.15. The summed E-state index contributed by atoms with van der Waals surface area (Å²) in [6.45, 7) is 4.01. The van der Waals surface area contributed by atoms with E-state index >= 15 is 0 Å². The van der Waals surface area contributed by atoms with E-state index in [1.807, 2.05) is 53.9 Å². The zero-order valence-corrected chi connectivity index (χ0v) is 14.4. The number of aryl methyl sites for hydroxylation is 2. The molecule has 0 N–H and O–H groups in total. The fourth-order valence-corrected chi connectivity index (χ4v) is 2.88. The molecular weight excluding hydrogens is 310 g/mol. The topological polar surface area (TPSA) is 58.2 Å². The van der Waals surface area contributed by atoms with Crippen molar-refractivity contribution in [2.75, 3.05) is 0 Å². The Bertz CT molecular complexity index is 988. The average Bonchev–Trinajstić information content (AvgIpc) is 2.96. The number of Topliss-reactive ketones (excluding diaryl/α,β-unsaturated/α-hetero) is 1. The number of fused-ring (bicyclic) bond motifs is 1. The van der Waals surface area contributed by atoms with Crippen molar-refractivity contribution < 1.29 is 4.79 Å². The third-order valence-electron chi connectivity index (χ3n) is 4.15. The van der Waals surface area contributed by atoms with Gasteiger partial charge in [-0.25, -0.2) is 4.98 Å². The monoisotopic (exact) mass is 329 g/mol. The Balaban J connectivity index is 1.97. The van der Waals surface area contributed by atoms with Crippen molar-refractivity contribution in [2.45, 2.75) is 26.7 Å². The highest BCUT2D eigenvalue weighted by Gasteiger charge is 2.14. The van der Waals surface area contributed by atoms with Gasteiger partial charge in [-0.05, 0) is 37.1 Å². The molecule has 0 bridgehead atoms. The number of carbonyl (C=O) groups is 1. The van der Waals surface area contributed by atoms with Crippen molar-refractivity contribution >= 4 is 17.4 Å². The maximum atomic E-state index is 12.7. The first-order chi connectivity index (χ1) is 12.1. The molecule has 2 aromatic heterocycles. The molecule has 4 nitrogen and oxygen atoms in total. The molecule has 0 aliphatic carbocycles. The summed E-state index contributed by atoms with van der Waals surface area (Å²) in [5.41, 5.74) is 3.31. The van der Waals surface area contributed by atoms with E-state index in [1.54, 1.807) is 18.2 Å². The number of aromatic nitrogens is 2. The minimum atomic E-state index is -0.278. The summed E-state index contributed by atoms with van der Waals surface area (Å²) in [5.74, 6) is 0.538. The second kappa shape index (κ2) is 7.14. The van der Waals surface area contributed by atoms with Crippen LogP contribution in [0.25, 0.3) is 11.6 Å². The first kappa shape index (κ1) is 16.7. The lowest BCUT2D eigenvalue weighted by Crippen LogP contribution is -2.02. The molecule has 0 saturated carbocycles. The molecule has 0 radical (unpaired) electrons. The van der Waals surface area contributed by atoms with Gasteiger partial charge in [0.15, 0.2) is 0 Å². The molecule has 4 heteroatoms. The molecule has 0 atom stereocenters. The lowest BCUT2D eigenvalue weighted by atomic mass is 10.0. The lowest BCUT2D eigenvalue weighted by molar-refractivity contribution is 0.104. The van der Waals surface area contributed by atoms with Gasteiger partial charge in [-0.15, -0.1) is 0 Å². The Morgan fingerprint density at radius 1 is 1.24 bits per heavy atom. The Labute approximate surface area is 147 Å². The van der Waals surface area contributed by atoms with E-state index < -0.39 is 0 Å². The Hall–Kier alpha value is -3.19. The SMILES string of the molecule is CCCc1ccc(C(=O)/C(C#N)=C/c2nc(C)n3ccccc23)cc1. The van der Waals surface area contributed by atoms with Gasteiger partial charge in [0.05, 0.1) is 11.2 Å². The van der Waals surface area contributed by atoms with E-state index in [0.29, 0.717) is 11.3 Å². The van der Waals surface area contributed by atoms with Gasteiger partial charge in [0, 0.05) is 11.8 Å². The van der Waals surface area contributed by atoms with E-state index in [9.17, 15) is 10.1 Å². The van der Waals surface area contributed by atoms with E-state index in [0.717, 1.165) is 24.2 Å². The Morgan fingerprint density at radius 2 is 2.00 bits per heavy atom. The Kier molecular flexibility index (Phi) is 4.76. The summed E-state index contributed by atoms with van der Waals surface area (Å²) in [5, 5.41) is 9.46. The van der Waals surface area contributed by atoms with E-state index in [2.05, 4.69) is 11.9 Å². The van der Waals surface area contributed by atoms with Crippen LogP contribution in [0.3, 0.4) is 0 Å². The number of imidazole rings is 1. The van der Waals surface area contributed by atoms with Gasteiger partial charge in [0.2, 0.25) is 5.78 Å². The second-order valence-electron chi connectivity index (χ2n) is 5.95. The summed E-state index contributed by atoms with van der Waals surface area (Å²) in [6.07, 6.45) is 5.53. The lowest BCUT2D eigenvalue weighted by Gasteiger charge is -2.02. The molecule has 3 aromatic rings. The van der Waals surface area contributed by atoms with Crippen molar-refractivity contribution in [3.63, 3.8) is 0 Å². The number of carbonyl (C=O) groups excluding carboxylic acids is 1. The number of ketones is 1. The van der Waals surface area contributed by atoms with Crippen LogP contribution in [0.1, 0.15) is 40.8 Å². The minimum Gasteiger partial charge on any atom is -0.303 e. The predicted octanol–water partition coefficient (Wildman–Crippen LogP) is 4.39. The average molecular weight is 329 g/mol. The zero-order valence-electron chi connectivity index (χ0n) is 14.4. The fraction of sp³-hybridized carbons (Fsp3) is 0.190. The third kappa shape index (κ3) is 3.36. The van der Waals surface area contributed by atoms with E-state index in [-0.39, 0.29) is 11.4 Å². The number of hydrogen-bond donors (Lipinski definition) is 0. The van der Waals surface area contributed by atoms with Crippen molar-refractivity contribution in [1.29, 1.82) is 5.26 Å². The molecule has 3 rings (SSSR count). The molecule has 0 amide bonds. The van der Waals surface area contributed by atoms with Crippen molar-refractivity contribution in [1.82, 2.24) is 9.38 Å². The van der Waals surface area contributed by atoms with Crippen LogP contribution in [-0.4, -0.2) is 15.2 Å². The highest BCUT2D eigenvalue weighted by molar-refractivity contribution is 6.14. The highest BCUT2D eigenvalue weighted by Crippen LogP contribution is 2.18. The van der Waals surface area contributed by atoms with Crippen LogP contribution in [0.5, 0.6) is 0 Å². The first-order valence-electron chi connectivity index (χ1n) is 8.33. The molecule has 1 aromatic carbocycles. The van der Waals surface area contributed by atoms with Gasteiger partial charge in [0.1, 0.15) is 17.5 Å². The van der Waals surface area contributed by atoms with Crippen LogP contribution in [0.2, 0.25) is 0 Å². The summed E-state index contributed by atoms with van der Waals surface area (Å²) in [7, 11) is 0. The molecule has 0 aliphatic rings. The summed E-state index contributed by atoms with van der Waals surface area (Å²) < 4.78 is 1.94. The van der Waals surface area contributed by atoms with Gasteiger partial charge in [-0.3, -0.25) is 4.79 Å². The molecule has 25 heavy (non-hydrogen) atoms. The molecule has 2 heterocycles. The van der Waals surface area contributed by atoms with Crippen LogP contribution < -0.4 is 0 Å². The molecule has 0 spiro atoms. The molecule has 124 valence electrons. The van der Waals surface area contributed by atoms with Crippen LogP contribution >= 0.6 is 0 Å².